The summed E-state index contributed by atoms with van der Waals surface area (Å²) in [5.74, 6) is 0.932. The number of amides is 1. The van der Waals surface area contributed by atoms with Crippen molar-refractivity contribution in [2.75, 3.05) is 6.61 Å². The molecule has 0 unspecified atom stereocenters. The summed E-state index contributed by atoms with van der Waals surface area (Å²) in [4.78, 5) is 41.4. The van der Waals surface area contributed by atoms with Crippen LogP contribution in [0.2, 0.25) is 0 Å². The second-order valence-corrected chi connectivity index (χ2v) is 8.16. The zero-order chi connectivity index (χ0) is 22.4. The van der Waals surface area contributed by atoms with Gasteiger partial charge in [-0.25, -0.2) is 0 Å². The van der Waals surface area contributed by atoms with E-state index >= 15 is 0 Å². The zero-order valence-electron chi connectivity index (χ0n) is 16.3. The second kappa shape index (κ2) is 9.57. The summed E-state index contributed by atoms with van der Waals surface area (Å²) in [7, 11) is -4.94. The fourth-order valence-electron chi connectivity index (χ4n) is 2.83. The Morgan fingerprint density at radius 2 is 1.55 bits per heavy atom. The van der Waals surface area contributed by atoms with Crippen LogP contribution in [0.1, 0.15) is 21.5 Å². The van der Waals surface area contributed by atoms with Gasteiger partial charge >= 0.3 is 7.60 Å². The van der Waals surface area contributed by atoms with Crippen molar-refractivity contribution < 1.29 is 33.4 Å². The number of benzene rings is 3. The van der Waals surface area contributed by atoms with E-state index in [0.29, 0.717) is 17.1 Å². The summed E-state index contributed by atoms with van der Waals surface area (Å²) in [5.41, 5.74) is 4.97. The maximum atomic E-state index is 12.0. The van der Waals surface area contributed by atoms with Crippen LogP contribution < -0.4 is 15.2 Å². The topological polar surface area (TPSA) is 136 Å². The number of carbonyl (C=O) groups is 2. The molecule has 0 bridgehead atoms. The molecule has 0 atom stereocenters. The SMILES string of the molecule is NC(=O)COc1ccc(C(=O)P(=O)(O)O)cc1Cc1ccc(Oc2ccccc2)cc1. The number of rotatable bonds is 9. The van der Waals surface area contributed by atoms with Crippen molar-refractivity contribution >= 4 is 19.0 Å². The van der Waals surface area contributed by atoms with Gasteiger partial charge in [-0.15, -0.1) is 0 Å². The average molecular weight is 441 g/mol. The van der Waals surface area contributed by atoms with Gasteiger partial charge in [-0.2, -0.15) is 0 Å². The first-order valence-corrected chi connectivity index (χ1v) is 10.8. The minimum Gasteiger partial charge on any atom is -0.483 e. The van der Waals surface area contributed by atoms with Crippen molar-refractivity contribution in [2.24, 2.45) is 5.73 Å². The van der Waals surface area contributed by atoms with Crippen molar-refractivity contribution in [3.8, 4) is 17.2 Å². The highest BCUT2D eigenvalue weighted by atomic mass is 31.2. The van der Waals surface area contributed by atoms with Crippen molar-refractivity contribution in [1.29, 1.82) is 0 Å². The van der Waals surface area contributed by atoms with E-state index in [2.05, 4.69) is 0 Å². The molecule has 3 rings (SSSR count). The van der Waals surface area contributed by atoms with Gasteiger partial charge in [0.05, 0.1) is 0 Å². The van der Waals surface area contributed by atoms with Crippen LogP contribution in [0.15, 0.2) is 72.8 Å². The number of nitrogens with two attached hydrogens (primary N) is 1. The van der Waals surface area contributed by atoms with Crippen molar-refractivity contribution in [2.45, 2.75) is 6.42 Å². The maximum absolute atomic E-state index is 12.0. The molecule has 0 radical (unpaired) electrons. The molecule has 0 aliphatic carbocycles. The number of primary amides is 1. The van der Waals surface area contributed by atoms with Gasteiger partial charge in [0.1, 0.15) is 17.2 Å². The lowest BCUT2D eigenvalue weighted by Gasteiger charge is -2.13. The molecule has 4 N–H and O–H groups in total. The predicted molar refractivity (Wildman–Crippen MR) is 113 cm³/mol. The standard InChI is InChI=1S/C22H20NO7P/c23-21(24)14-29-20-11-8-16(22(25)31(26,27)28)13-17(20)12-15-6-9-19(10-7-15)30-18-4-2-1-3-5-18/h1-11,13H,12,14H2,(H2,23,24)(H2,26,27,28). The highest BCUT2D eigenvalue weighted by Gasteiger charge is 2.28. The summed E-state index contributed by atoms with van der Waals surface area (Å²) in [6.45, 7) is -0.372. The summed E-state index contributed by atoms with van der Waals surface area (Å²) < 4.78 is 22.5. The molecule has 0 aliphatic rings. The molecule has 0 saturated heterocycles. The minimum absolute atomic E-state index is 0.154. The Kier molecular flexibility index (Phi) is 6.87. The average Bonchev–Trinajstić information content (AvgIpc) is 2.73. The van der Waals surface area contributed by atoms with Crippen LogP contribution in [0, 0.1) is 0 Å². The minimum atomic E-state index is -4.94. The van der Waals surface area contributed by atoms with Crippen LogP contribution in [-0.2, 0) is 15.8 Å². The predicted octanol–water partition coefficient (Wildman–Crippen LogP) is 3.25. The first-order chi connectivity index (χ1) is 14.7. The van der Waals surface area contributed by atoms with Gasteiger partial charge in [-0.1, -0.05) is 30.3 Å². The lowest BCUT2D eigenvalue weighted by atomic mass is 10.0. The van der Waals surface area contributed by atoms with Crippen LogP contribution in [0.25, 0.3) is 0 Å². The molecular weight excluding hydrogens is 421 g/mol. The summed E-state index contributed by atoms with van der Waals surface area (Å²) in [5, 5.41) is 0. The fourth-order valence-corrected chi connectivity index (χ4v) is 3.30. The molecule has 0 saturated carbocycles. The largest absolute Gasteiger partial charge is 0.483 e. The third-order valence-corrected chi connectivity index (χ3v) is 5.03. The number of hydrogen-bond acceptors (Lipinski definition) is 5. The number of ether oxygens (including phenoxy) is 2. The lowest BCUT2D eigenvalue weighted by molar-refractivity contribution is -0.119. The van der Waals surface area contributed by atoms with E-state index in [9.17, 15) is 23.9 Å². The molecule has 8 nitrogen and oxygen atoms in total. The molecule has 3 aromatic rings. The molecule has 0 spiro atoms. The highest BCUT2D eigenvalue weighted by Crippen LogP contribution is 2.40. The maximum Gasteiger partial charge on any atom is 0.396 e. The molecule has 3 aromatic carbocycles. The van der Waals surface area contributed by atoms with Gasteiger partial charge < -0.3 is 25.0 Å². The molecular formula is C22H20NO7P. The van der Waals surface area contributed by atoms with Gasteiger partial charge in [0.25, 0.3) is 11.4 Å². The van der Waals surface area contributed by atoms with E-state index in [1.54, 1.807) is 12.1 Å². The molecule has 0 fully saturated rings. The molecule has 0 aromatic heterocycles. The van der Waals surface area contributed by atoms with E-state index in [1.165, 1.54) is 18.2 Å². The molecule has 0 heterocycles. The van der Waals surface area contributed by atoms with Crippen LogP contribution in [0.4, 0.5) is 0 Å². The Bertz CT molecular complexity index is 1120. The highest BCUT2D eigenvalue weighted by molar-refractivity contribution is 7.70. The van der Waals surface area contributed by atoms with Gasteiger partial charge in [-0.05, 0) is 53.6 Å². The Morgan fingerprint density at radius 1 is 0.903 bits per heavy atom. The van der Waals surface area contributed by atoms with Crippen molar-refractivity contribution in [1.82, 2.24) is 0 Å². The summed E-state index contributed by atoms with van der Waals surface area (Å²) >= 11 is 0. The molecule has 0 aliphatic heterocycles. The third-order valence-electron chi connectivity index (χ3n) is 4.24. The monoisotopic (exact) mass is 441 g/mol. The summed E-state index contributed by atoms with van der Waals surface area (Å²) in [6.07, 6.45) is 0.280. The first kappa shape index (κ1) is 22.2. The first-order valence-electron chi connectivity index (χ1n) is 9.18. The third kappa shape index (κ3) is 6.26. The number of para-hydroxylation sites is 1. The zero-order valence-corrected chi connectivity index (χ0v) is 17.2. The Morgan fingerprint density at radius 3 is 2.16 bits per heavy atom. The van der Waals surface area contributed by atoms with E-state index in [-0.39, 0.29) is 24.3 Å². The van der Waals surface area contributed by atoms with E-state index in [1.807, 2.05) is 42.5 Å². The van der Waals surface area contributed by atoms with Gasteiger partial charge in [0, 0.05) is 12.0 Å². The quantitative estimate of drug-likeness (QED) is 0.434. The van der Waals surface area contributed by atoms with Crippen LogP contribution in [0.5, 0.6) is 17.2 Å². The Balaban J connectivity index is 1.84. The van der Waals surface area contributed by atoms with Gasteiger partial charge in [-0.3, -0.25) is 14.2 Å². The van der Waals surface area contributed by atoms with E-state index in [4.69, 9.17) is 15.2 Å². The number of hydrogen-bond donors (Lipinski definition) is 3. The smallest absolute Gasteiger partial charge is 0.396 e. The molecule has 1 amide bonds. The van der Waals surface area contributed by atoms with Crippen LogP contribution >= 0.6 is 7.60 Å². The van der Waals surface area contributed by atoms with Crippen LogP contribution in [-0.4, -0.2) is 27.8 Å². The van der Waals surface area contributed by atoms with E-state index < -0.39 is 19.0 Å². The normalized spacial score (nSPS) is 11.0. The molecule has 9 heteroatoms. The Hall–Kier alpha value is -3.45. The van der Waals surface area contributed by atoms with E-state index in [0.717, 1.165) is 5.56 Å². The van der Waals surface area contributed by atoms with Crippen molar-refractivity contribution in [3.63, 3.8) is 0 Å². The molecule has 160 valence electrons. The van der Waals surface area contributed by atoms with Gasteiger partial charge in [0.15, 0.2) is 6.61 Å². The fraction of sp³-hybridized carbons (Fsp3) is 0.0909. The van der Waals surface area contributed by atoms with Gasteiger partial charge in [0.2, 0.25) is 0 Å². The Labute approximate surface area is 178 Å². The molecule has 31 heavy (non-hydrogen) atoms. The summed E-state index contributed by atoms with van der Waals surface area (Å²) in [6, 6.07) is 20.4. The second-order valence-electron chi connectivity index (χ2n) is 6.66. The van der Waals surface area contributed by atoms with Crippen molar-refractivity contribution in [3.05, 3.63) is 89.5 Å². The lowest BCUT2D eigenvalue weighted by Crippen LogP contribution is -2.20. The number of carbonyl (C=O) groups excluding carboxylic acids is 2. The van der Waals surface area contributed by atoms with Crippen LogP contribution in [0.3, 0.4) is 0 Å².